The van der Waals surface area contributed by atoms with Crippen LogP contribution in [0.5, 0.6) is 11.5 Å². The van der Waals surface area contributed by atoms with E-state index in [4.69, 9.17) is 9.47 Å². The number of aliphatic hydroxyl groups excluding tert-OH is 1. The molecule has 29 heavy (non-hydrogen) atoms. The molecule has 1 saturated carbocycles. The SMILES string of the molecule is CC(C)=C/C=C/C(=O)Oc1ccc2c3c1O[C@H]1[C@@H](O)C=C4C[C@]31[C@@H]4[C@H](N(C)C)C2. The summed E-state index contributed by atoms with van der Waals surface area (Å²) >= 11 is 0. The zero-order valence-corrected chi connectivity index (χ0v) is 17.3. The largest absolute Gasteiger partial charge is 0.482 e. The Morgan fingerprint density at radius 1 is 1.34 bits per heavy atom. The number of benzene rings is 1. The van der Waals surface area contributed by atoms with E-state index >= 15 is 0 Å². The van der Waals surface area contributed by atoms with Crippen molar-refractivity contribution in [1.29, 1.82) is 0 Å². The van der Waals surface area contributed by atoms with Crippen LogP contribution in [0.25, 0.3) is 0 Å². The van der Waals surface area contributed by atoms with Crippen molar-refractivity contribution >= 4 is 5.97 Å². The van der Waals surface area contributed by atoms with Gasteiger partial charge in [-0.1, -0.05) is 35.4 Å². The van der Waals surface area contributed by atoms with E-state index in [1.54, 1.807) is 6.08 Å². The lowest BCUT2D eigenvalue weighted by molar-refractivity contribution is -0.129. The van der Waals surface area contributed by atoms with E-state index in [2.05, 4.69) is 25.1 Å². The van der Waals surface area contributed by atoms with Crippen molar-refractivity contribution in [2.75, 3.05) is 14.1 Å². The first-order valence-corrected chi connectivity index (χ1v) is 10.2. The maximum atomic E-state index is 12.3. The molecule has 1 spiro atoms. The first kappa shape index (κ1) is 18.6. The van der Waals surface area contributed by atoms with Crippen LogP contribution in [-0.2, 0) is 16.6 Å². The molecule has 5 nitrogen and oxygen atoms in total. The number of rotatable bonds is 4. The summed E-state index contributed by atoms with van der Waals surface area (Å²) in [6.45, 7) is 3.94. The van der Waals surface area contributed by atoms with E-state index in [0.29, 0.717) is 23.5 Å². The van der Waals surface area contributed by atoms with Gasteiger partial charge in [-0.2, -0.15) is 0 Å². The second-order valence-corrected chi connectivity index (χ2v) is 9.15. The molecule has 1 N–H and O–H groups in total. The highest BCUT2D eigenvalue weighted by Crippen LogP contribution is 2.69. The predicted molar refractivity (Wildman–Crippen MR) is 110 cm³/mol. The molecule has 0 aromatic heterocycles. The molecule has 1 aromatic rings. The highest BCUT2D eigenvalue weighted by atomic mass is 16.6. The minimum atomic E-state index is -0.628. The second kappa shape index (κ2) is 6.31. The average molecular weight is 393 g/mol. The zero-order valence-electron chi connectivity index (χ0n) is 17.3. The van der Waals surface area contributed by atoms with Crippen molar-refractivity contribution < 1.29 is 19.4 Å². The normalized spacial score (nSPS) is 33.0. The van der Waals surface area contributed by atoms with Gasteiger partial charge in [0.2, 0.25) is 0 Å². The molecule has 4 aliphatic carbocycles. The number of carbonyl (C=O) groups is 1. The highest BCUT2D eigenvalue weighted by molar-refractivity contribution is 5.85. The number of likely N-dealkylation sites (N-methyl/N-ethyl adjacent to an activating group) is 1. The molecule has 0 unspecified atom stereocenters. The molecule has 0 saturated heterocycles. The van der Waals surface area contributed by atoms with E-state index in [9.17, 15) is 9.90 Å². The van der Waals surface area contributed by atoms with Gasteiger partial charge in [-0.3, -0.25) is 0 Å². The van der Waals surface area contributed by atoms with E-state index in [-0.39, 0.29) is 11.5 Å². The first-order valence-electron chi connectivity index (χ1n) is 10.2. The van der Waals surface area contributed by atoms with Gasteiger partial charge in [-0.05, 0) is 52.4 Å². The number of hydrogen-bond acceptors (Lipinski definition) is 5. The van der Waals surface area contributed by atoms with Gasteiger partial charge in [0.1, 0.15) is 12.2 Å². The lowest BCUT2D eigenvalue weighted by Gasteiger charge is -2.62. The van der Waals surface area contributed by atoms with Crippen molar-refractivity contribution in [1.82, 2.24) is 4.90 Å². The highest BCUT2D eigenvalue weighted by Gasteiger charge is 2.70. The quantitative estimate of drug-likeness (QED) is 0.280. The minimum absolute atomic E-state index is 0.207. The molecule has 5 atom stereocenters. The third-order valence-corrected chi connectivity index (χ3v) is 6.92. The topological polar surface area (TPSA) is 59.0 Å². The Labute approximate surface area is 171 Å². The van der Waals surface area contributed by atoms with E-state index in [1.165, 1.54) is 17.2 Å². The summed E-state index contributed by atoms with van der Waals surface area (Å²) in [6, 6.07) is 4.28. The molecule has 5 aliphatic rings. The number of fused-ring (bicyclic) bond motifs is 1. The number of carbonyl (C=O) groups excluding carboxylic acids is 1. The van der Waals surface area contributed by atoms with Crippen LogP contribution in [0.15, 0.2) is 47.6 Å². The molecule has 5 heteroatoms. The molecule has 1 aliphatic heterocycles. The standard InChI is InChI=1S/C24H27NO4/c1-13(2)6-5-7-19(27)28-18-9-8-14-10-16(25(3)4)20-15-11-17(26)23-24(20,12-15)21(14)22(18)29-23/h5-9,11,16-17,20,23,26H,10,12H2,1-4H3/b7-5+/t16-,17+,20+,23+,24+/m1/s1. The number of hydrogen-bond donors (Lipinski definition) is 1. The maximum Gasteiger partial charge on any atom is 0.336 e. The molecular formula is C24H27NO4. The molecule has 1 fully saturated rings. The number of aliphatic hydroxyl groups is 1. The Bertz CT molecular complexity index is 985. The summed E-state index contributed by atoms with van der Waals surface area (Å²) in [5.41, 5.74) is 4.63. The average Bonchev–Trinajstić information content (AvgIpc) is 3.02. The summed E-state index contributed by atoms with van der Waals surface area (Å²) in [4.78, 5) is 14.6. The molecular weight excluding hydrogens is 366 g/mol. The van der Waals surface area contributed by atoms with Gasteiger partial charge in [-0.15, -0.1) is 0 Å². The number of esters is 1. The maximum absolute atomic E-state index is 12.3. The summed E-state index contributed by atoms with van der Waals surface area (Å²) in [7, 11) is 4.25. The molecule has 1 aromatic carbocycles. The second-order valence-electron chi connectivity index (χ2n) is 9.15. The lowest BCUT2D eigenvalue weighted by atomic mass is 9.43. The Kier molecular flexibility index (Phi) is 4.06. The van der Waals surface area contributed by atoms with Crippen LogP contribution >= 0.6 is 0 Å². The minimum Gasteiger partial charge on any atom is -0.482 e. The fourth-order valence-electron chi connectivity index (χ4n) is 5.85. The van der Waals surface area contributed by atoms with Gasteiger partial charge in [0.25, 0.3) is 0 Å². The number of allylic oxidation sites excluding steroid dienone is 3. The Hall–Kier alpha value is -2.37. The van der Waals surface area contributed by atoms with Crippen molar-refractivity contribution in [3.8, 4) is 11.5 Å². The zero-order chi connectivity index (χ0) is 20.5. The fraction of sp³-hybridized carbons (Fsp3) is 0.458. The van der Waals surface area contributed by atoms with Crippen LogP contribution in [0.1, 0.15) is 31.4 Å². The molecule has 1 heterocycles. The summed E-state index contributed by atoms with van der Waals surface area (Å²) in [5, 5.41) is 10.7. The monoisotopic (exact) mass is 393 g/mol. The van der Waals surface area contributed by atoms with Gasteiger partial charge >= 0.3 is 5.97 Å². The van der Waals surface area contributed by atoms with Crippen LogP contribution in [0.2, 0.25) is 0 Å². The van der Waals surface area contributed by atoms with Crippen LogP contribution in [-0.4, -0.2) is 48.3 Å². The molecule has 6 rings (SSSR count). The van der Waals surface area contributed by atoms with Gasteiger partial charge in [0.15, 0.2) is 11.5 Å². The number of nitrogens with zero attached hydrogens (tertiary/aromatic N) is 1. The van der Waals surface area contributed by atoms with Gasteiger partial charge < -0.3 is 19.5 Å². The van der Waals surface area contributed by atoms with Crippen LogP contribution < -0.4 is 9.47 Å². The lowest BCUT2D eigenvalue weighted by Crippen LogP contribution is -2.67. The molecule has 152 valence electrons. The van der Waals surface area contributed by atoms with Crippen LogP contribution in [0.4, 0.5) is 0 Å². The van der Waals surface area contributed by atoms with Crippen molar-refractivity contribution in [3.63, 3.8) is 0 Å². The Balaban J connectivity index is 1.55. The van der Waals surface area contributed by atoms with Gasteiger partial charge in [0, 0.05) is 23.6 Å². The van der Waals surface area contributed by atoms with E-state index in [1.807, 2.05) is 32.1 Å². The van der Waals surface area contributed by atoms with Gasteiger partial charge in [-0.25, -0.2) is 4.79 Å². The summed E-state index contributed by atoms with van der Waals surface area (Å²) < 4.78 is 12.0. The predicted octanol–water partition coefficient (Wildman–Crippen LogP) is 2.92. The van der Waals surface area contributed by atoms with Crippen molar-refractivity contribution in [3.05, 3.63) is 58.7 Å². The van der Waals surface area contributed by atoms with Crippen LogP contribution in [0, 0.1) is 5.92 Å². The summed E-state index contributed by atoms with van der Waals surface area (Å²) in [5.74, 6) is 1.01. The third kappa shape index (κ3) is 2.50. The van der Waals surface area contributed by atoms with Crippen LogP contribution in [0.3, 0.4) is 0 Å². The Morgan fingerprint density at radius 2 is 2.14 bits per heavy atom. The smallest absolute Gasteiger partial charge is 0.336 e. The Morgan fingerprint density at radius 3 is 2.86 bits per heavy atom. The molecule has 0 radical (unpaired) electrons. The van der Waals surface area contributed by atoms with E-state index in [0.717, 1.165) is 24.0 Å². The molecule has 2 bridgehead atoms. The van der Waals surface area contributed by atoms with Crippen molar-refractivity contribution in [2.45, 2.75) is 50.4 Å². The number of ether oxygens (including phenoxy) is 2. The van der Waals surface area contributed by atoms with Crippen molar-refractivity contribution in [2.24, 2.45) is 5.92 Å². The fourth-order valence-corrected chi connectivity index (χ4v) is 5.85. The molecule has 0 amide bonds. The summed E-state index contributed by atoms with van der Waals surface area (Å²) in [6.07, 6.45) is 7.86. The third-order valence-electron chi connectivity index (χ3n) is 6.92. The van der Waals surface area contributed by atoms with Gasteiger partial charge in [0.05, 0.1) is 5.41 Å². The first-order chi connectivity index (χ1) is 13.8. The van der Waals surface area contributed by atoms with E-state index < -0.39 is 12.1 Å².